The molecule has 9 heteroatoms. The number of hydrogen-bond donors (Lipinski definition) is 0. The number of amides is 1. The van der Waals surface area contributed by atoms with Crippen LogP contribution in [0.25, 0.3) is 11.0 Å². The van der Waals surface area contributed by atoms with Gasteiger partial charge in [0.15, 0.2) is 16.9 Å². The smallest absolute Gasteiger partial charge is 0.296 e. The van der Waals surface area contributed by atoms with E-state index < -0.39 is 23.2 Å². The molecule has 7 nitrogen and oxygen atoms in total. The van der Waals surface area contributed by atoms with Gasteiger partial charge >= 0.3 is 0 Å². The summed E-state index contributed by atoms with van der Waals surface area (Å²) in [5, 5.41) is 0.420. The van der Waals surface area contributed by atoms with Gasteiger partial charge in [-0.1, -0.05) is 48.0 Å². The Kier molecular flexibility index (Phi) is 6.24. The highest BCUT2D eigenvalue weighted by Gasteiger charge is 2.44. The fourth-order valence-electron chi connectivity index (χ4n) is 4.72. The first-order valence-corrected chi connectivity index (χ1v) is 12.4. The third-order valence-electron chi connectivity index (χ3n) is 6.53. The molecular formula is C30H20ClFN2O5. The van der Waals surface area contributed by atoms with Crippen LogP contribution in [-0.2, 0) is 6.61 Å². The summed E-state index contributed by atoms with van der Waals surface area (Å²) in [6, 6.07) is 20.7. The fraction of sp³-hybridized carbons (Fsp3) is 0.100. The fourth-order valence-corrected chi connectivity index (χ4v) is 4.83. The molecule has 1 atom stereocenters. The Balaban J connectivity index is 1.49. The summed E-state index contributed by atoms with van der Waals surface area (Å²) in [4.78, 5) is 33.1. The van der Waals surface area contributed by atoms with Crippen molar-refractivity contribution in [1.82, 2.24) is 4.98 Å². The summed E-state index contributed by atoms with van der Waals surface area (Å²) in [6.07, 6.45) is 1.41. The number of methoxy groups -OCH3 is 1. The summed E-state index contributed by atoms with van der Waals surface area (Å²) < 4.78 is 31.5. The van der Waals surface area contributed by atoms with Crippen molar-refractivity contribution in [2.75, 3.05) is 12.0 Å². The predicted molar refractivity (Wildman–Crippen MR) is 144 cm³/mol. The molecule has 1 unspecified atom stereocenters. The van der Waals surface area contributed by atoms with E-state index in [0.29, 0.717) is 28.7 Å². The zero-order valence-corrected chi connectivity index (χ0v) is 21.3. The quantitative estimate of drug-likeness (QED) is 0.250. The van der Waals surface area contributed by atoms with E-state index in [4.69, 9.17) is 25.5 Å². The van der Waals surface area contributed by atoms with Crippen molar-refractivity contribution in [3.05, 3.63) is 129 Å². The molecule has 2 aromatic heterocycles. The lowest BCUT2D eigenvalue weighted by atomic mass is 9.98. The lowest BCUT2D eigenvalue weighted by molar-refractivity contribution is 0.0970. The molecule has 3 heterocycles. The van der Waals surface area contributed by atoms with E-state index in [1.807, 2.05) is 30.3 Å². The Morgan fingerprint density at radius 3 is 2.56 bits per heavy atom. The van der Waals surface area contributed by atoms with Crippen molar-refractivity contribution in [3.63, 3.8) is 0 Å². The first-order valence-electron chi connectivity index (χ1n) is 12.0. The normalized spacial score (nSPS) is 14.5. The minimum absolute atomic E-state index is 0.0345. The first-order chi connectivity index (χ1) is 18.9. The number of rotatable bonds is 6. The van der Waals surface area contributed by atoms with Gasteiger partial charge in [-0.05, 0) is 53.6 Å². The van der Waals surface area contributed by atoms with Gasteiger partial charge < -0.3 is 13.9 Å². The van der Waals surface area contributed by atoms with Crippen molar-refractivity contribution in [1.29, 1.82) is 0 Å². The molecule has 1 aliphatic heterocycles. The minimum atomic E-state index is -0.929. The second kappa shape index (κ2) is 9.89. The number of aromatic nitrogens is 1. The SMILES string of the molecule is COc1cc(C2c3c(oc4ccc(F)cc4c3=O)C(=O)N2c2ccc(Cl)cn2)ccc1OCc1ccccc1. The summed E-state index contributed by atoms with van der Waals surface area (Å²) in [7, 11) is 1.51. The third-order valence-corrected chi connectivity index (χ3v) is 6.75. The molecule has 194 valence electrons. The molecule has 0 saturated heterocycles. The molecule has 3 aromatic carbocycles. The van der Waals surface area contributed by atoms with Crippen LogP contribution in [0.15, 0.2) is 94.3 Å². The van der Waals surface area contributed by atoms with Crippen molar-refractivity contribution in [2.45, 2.75) is 12.6 Å². The molecule has 0 bridgehead atoms. The average molecular weight is 543 g/mol. The standard InChI is InChI=1S/C30H20ClFN2O5/c1-37-24-13-18(7-10-23(24)38-16-17-5-3-2-4-6-17)27-26-28(35)21-14-20(32)9-11-22(21)39-29(26)30(36)34(27)25-12-8-19(31)15-33-25/h2-15,27H,16H2,1H3. The maximum absolute atomic E-state index is 14.1. The van der Waals surface area contributed by atoms with Crippen LogP contribution in [0, 0.1) is 5.82 Å². The van der Waals surface area contributed by atoms with Gasteiger partial charge in [-0.25, -0.2) is 9.37 Å². The molecule has 0 radical (unpaired) electrons. The van der Waals surface area contributed by atoms with Crippen LogP contribution < -0.4 is 19.8 Å². The maximum atomic E-state index is 14.1. The second-order valence-electron chi connectivity index (χ2n) is 8.91. The zero-order chi connectivity index (χ0) is 27.1. The zero-order valence-electron chi connectivity index (χ0n) is 20.6. The number of ether oxygens (including phenoxy) is 2. The molecule has 1 aliphatic rings. The van der Waals surface area contributed by atoms with Crippen LogP contribution in [-0.4, -0.2) is 18.0 Å². The van der Waals surface area contributed by atoms with Crippen LogP contribution in [0.1, 0.15) is 33.3 Å². The predicted octanol–water partition coefficient (Wildman–Crippen LogP) is 6.32. The summed E-state index contributed by atoms with van der Waals surface area (Å²) in [6.45, 7) is 0.323. The summed E-state index contributed by atoms with van der Waals surface area (Å²) in [5.41, 5.74) is 1.21. The molecule has 0 saturated carbocycles. The Labute approximate surface area is 227 Å². The van der Waals surface area contributed by atoms with Crippen LogP contribution in [0.5, 0.6) is 11.5 Å². The summed E-state index contributed by atoms with van der Waals surface area (Å²) in [5.74, 6) is -0.129. The number of pyridine rings is 1. The van der Waals surface area contributed by atoms with Gasteiger partial charge in [-0.2, -0.15) is 0 Å². The molecule has 0 N–H and O–H groups in total. The Morgan fingerprint density at radius 2 is 1.82 bits per heavy atom. The Morgan fingerprint density at radius 1 is 1.00 bits per heavy atom. The number of carbonyl (C=O) groups is 1. The van der Waals surface area contributed by atoms with Crippen molar-refractivity contribution < 1.29 is 23.1 Å². The van der Waals surface area contributed by atoms with E-state index in [9.17, 15) is 14.0 Å². The average Bonchev–Trinajstić information content (AvgIpc) is 3.25. The molecule has 0 aliphatic carbocycles. The van der Waals surface area contributed by atoms with Crippen molar-refractivity contribution in [2.24, 2.45) is 0 Å². The number of benzene rings is 3. The highest BCUT2D eigenvalue weighted by molar-refractivity contribution is 6.30. The van der Waals surface area contributed by atoms with E-state index >= 15 is 0 Å². The van der Waals surface area contributed by atoms with Gasteiger partial charge in [0.05, 0.1) is 29.1 Å². The minimum Gasteiger partial charge on any atom is -0.493 e. The third kappa shape index (κ3) is 4.38. The number of nitrogens with zero attached hydrogens (tertiary/aromatic N) is 2. The Bertz CT molecular complexity index is 1770. The topological polar surface area (TPSA) is 81.9 Å². The van der Waals surface area contributed by atoms with Gasteiger partial charge in [0.1, 0.15) is 23.8 Å². The first kappa shape index (κ1) is 24.6. The maximum Gasteiger partial charge on any atom is 0.296 e. The van der Waals surface area contributed by atoms with E-state index in [0.717, 1.165) is 11.6 Å². The molecule has 0 fully saturated rings. The van der Waals surface area contributed by atoms with E-state index in [-0.39, 0.29) is 28.1 Å². The van der Waals surface area contributed by atoms with Gasteiger partial charge in [0, 0.05) is 6.20 Å². The van der Waals surface area contributed by atoms with E-state index in [2.05, 4.69) is 4.98 Å². The van der Waals surface area contributed by atoms with Gasteiger partial charge in [0.2, 0.25) is 5.76 Å². The van der Waals surface area contributed by atoms with Gasteiger partial charge in [0.25, 0.3) is 5.91 Å². The second-order valence-corrected chi connectivity index (χ2v) is 9.35. The number of carbonyl (C=O) groups excluding carboxylic acids is 1. The van der Waals surface area contributed by atoms with E-state index in [1.54, 1.807) is 30.3 Å². The lowest BCUT2D eigenvalue weighted by Gasteiger charge is -2.25. The van der Waals surface area contributed by atoms with Crippen LogP contribution in [0.4, 0.5) is 10.2 Å². The Hall–Kier alpha value is -4.69. The number of anilines is 1. The van der Waals surface area contributed by atoms with Crippen LogP contribution in [0.2, 0.25) is 5.02 Å². The molecule has 39 heavy (non-hydrogen) atoms. The lowest BCUT2D eigenvalue weighted by Crippen LogP contribution is -2.30. The highest BCUT2D eigenvalue weighted by atomic mass is 35.5. The highest BCUT2D eigenvalue weighted by Crippen LogP contribution is 2.43. The molecular weight excluding hydrogens is 523 g/mol. The molecule has 5 aromatic rings. The van der Waals surface area contributed by atoms with Crippen molar-refractivity contribution in [3.8, 4) is 11.5 Å². The number of halogens is 2. The van der Waals surface area contributed by atoms with Gasteiger partial charge in [-0.3, -0.25) is 14.5 Å². The van der Waals surface area contributed by atoms with Gasteiger partial charge in [-0.15, -0.1) is 0 Å². The monoisotopic (exact) mass is 542 g/mol. The molecule has 0 spiro atoms. The van der Waals surface area contributed by atoms with Crippen LogP contribution >= 0.6 is 11.6 Å². The number of fused-ring (bicyclic) bond motifs is 2. The van der Waals surface area contributed by atoms with Crippen LogP contribution in [0.3, 0.4) is 0 Å². The molecule has 6 rings (SSSR count). The van der Waals surface area contributed by atoms with E-state index in [1.165, 1.54) is 30.3 Å². The number of hydrogen-bond acceptors (Lipinski definition) is 6. The summed E-state index contributed by atoms with van der Waals surface area (Å²) >= 11 is 6.04. The van der Waals surface area contributed by atoms with Crippen molar-refractivity contribution >= 4 is 34.3 Å². The molecule has 1 amide bonds. The largest absolute Gasteiger partial charge is 0.493 e.